The molecule has 0 aromatic carbocycles. The number of aliphatic hydroxyl groups is 1. The molecule has 1 saturated carbocycles. The van der Waals surface area contributed by atoms with Crippen LogP contribution in [0.15, 0.2) is 6.20 Å². The Kier molecular flexibility index (Phi) is 4.71. The van der Waals surface area contributed by atoms with Gasteiger partial charge in [0.25, 0.3) is 0 Å². The predicted octanol–water partition coefficient (Wildman–Crippen LogP) is 2.17. The molecule has 1 aromatic rings. The first-order valence-electron chi connectivity index (χ1n) is 8.41. The number of nitrogens with zero attached hydrogens (tertiary/aromatic N) is 3. The molecular weight excluding hydrogens is 278 g/mol. The second kappa shape index (κ2) is 6.73. The van der Waals surface area contributed by atoms with Crippen molar-refractivity contribution in [2.45, 2.75) is 58.0 Å². The van der Waals surface area contributed by atoms with E-state index in [2.05, 4.69) is 9.97 Å². The second-order valence-corrected chi connectivity index (χ2v) is 6.59. The van der Waals surface area contributed by atoms with Crippen LogP contribution in [0, 0.1) is 12.8 Å². The van der Waals surface area contributed by atoms with Crippen LogP contribution in [0.3, 0.4) is 0 Å². The predicted molar refractivity (Wildman–Crippen MR) is 83.2 cm³/mol. The number of hydrogen-bond acceptors (Lipinski definition) is 4. The Morgan fingerprint density at radius 1 is 1.32 bits per heavy atom. The average Bonchev–Trinajstić information content (AvgIpc) is 3.08. The first-order valence-corrected chi connectivity index (χ1v) is 8.41. The lowest BCUT2D eigenvalue weighted by atomic mass is 9.91. The van der Waals surface area contributed by atoms with E-state index < -0.39 is 0 Å². The molecule has 1 amide bonds. The van der Waals surface area contributed by atoms with Crippen molar-refractivity contribution in [2.75, 3.05) is 13.1 Å². The standard InChI is InChI=1S/C17H25N3O2/c1-12-18-9-15(11-21)16(19-12)14-7-4-8-20(10-14)17(22)13-5-2-3-6-13/h9,13-14,21H,2-8,10-11H2,1H3. The number of hydrogen-bond donors (Lipinski definition) is 1. The third kappa shape index (κ3) is 3.14. The third-order valence-electron chi connectivity index (χ3n) is 5.01. The number of aliphatic hydroxyl groups excluding tert-OH is 1. The Morgan fingerprint density at radius 2 is 2.09 bits per heavy atom. The van der Waals surface area contributed by atoms with E-state index in [0.717, 1.165) is 55.9 Å². The zero-order valence-electron chi connectivity index (χ0n) is 13.3. The fourth-order valence-corrected chi connectivity index (χ4v) is 3.82. The van der Waals surface area contributed by atoms with Gasteiger partial charge in [0.05, 0.1) is 12.3 Å². The highest BCUT2D eigenvalue weighted by atomic mass is 16.3. The molecule has 1 aromatic heterocycles. The number of likely N-dealkylation sites (tertiary alicyclic amines) is 1. The molecule has 1 atom stereocenters. The van der Waals surface area contributed by atoms with Crippen LogP contribution in [0.5, 0.6) is 0 Å². The van der Waals surface area contributed by atoms with Crippen molar-refractivity contribution >= 4 is 5.91 Å². The van der Waals surface area contributed by atoms with Gasteiger partial charge in [-0.1, -0.05) is 12.8 Å². The van der Waals surface area contributed by atoms with Gasteiger partial charge in [-0.3, -0.25) is 4.79 Å². The molecule has 2 fully saturated rings. The van der Waals surface area contributed by atoms with Crippen molar-refractivity contribution in [1.82, 2.24) is 14.9 Å². The van der Waals surface area contributed by atoms with Crippen molar-refractivity contribution in [3.8, 4) is 0 Å². The molecule has 2 aliphatic rings. The number of carbonyl (C=O) groups is 1. The van der Waals surface area contributed by atoms with Gasteiger partial charge in [0.2, 0.25) is 5.91 Å². The first kappa shape index (κ1) is 15.4. The zero-order chi connectivity index (χ0) is 15.5. The minimum absolute atomic E-state index is 0.0390. The van der Waals surface area contributed by atoms with Crippen molar-refractivity contribution in [3.63, 3.8) is 0 Å². The summed E-state index contributed by atoms with van der Waals surface area (Å²) in [5.41, 5.74) is 1.73. The number of aryl methyl sites for hydroxylation is 1. The molecule has 0 bridgehead atoms. The van der Waals surface area contributed by atoms with Gasteiger partial charge in [0.1, 0.15) is 5.82 Å². The van der Waals surface area contributed by atoms with Crippen molar-refractivity contribution in [1.29, 1.82) is 0 Å². The highest BCUT2D eigenvalue weighted by Crippen LogP contribution is 2.32. The van der Waals surface area contributed by atoms with Crippen LogP contribution in [0.2, 0.25) is 0 Å². The van der Waals surface area contributed by atoms with Crippen LogP contribution in [-0.4, -0.2) is 39.0 Å². The summed E-state index contributed by atoms with van der Waals surface area (Å²) in [7, 11) is 0. The Labute approximate surface area is 131 Å². The maximum atomic E-state index is 12.6. The summed E-state index contributed by atoms with van der Waals surface area (Å²) in [6.45, 7) is 3.43. The van der Waals surface area contributed by atoms with Gasteiger partial charge in [0.15, 0.2) is 0 Å². The normalized spacial score (nSPS) is 23.0. The van der Waals surface area contributed by atoms with Crippen molar-refractivity contribution in [2.24, 2.45) is 5.92 Å². The highest BCUT2D eigenvalue weighted by Gasteiger charge is 2.32. The fourth-order valence-electron chi connectivity index (χ4n) is 3.82. The van der Waals surface area contributed by atoms with Gasteiger partial charge in [-0.05, 0) is 32.6 Å². The van der Waals surface area contributed by atoms with Gasteiger partial charge in [-0.15, -0.1) is 0 Å². The van der Waals surface area contributed by atoms with Crippen LogP contribution in [0.25, 0.3) is 0 Å². The summed E-state index contributed by atoms with van der Waals surface area (Å²) in [4.78, 5) is 23.4. The molecular formula is C17H25N3O2. The largest absolute Gasteiger partial charge is 0.392 e. The van der Waals surface area contributed by atoms with E-state index in [1.807, 2.05) is 11.8 Å². The van der Waals surface area contributed by atoms with Gasteiger partial charge < -0.3 is 10.0 Å². The Morgan fingerprint density at radius 3 is 2.82 bits per heavy atom. The van der Waals surface area contributed by atoms with Crippen LogP contribution < -0.4 is 0 Å². The quantitative estimate of drug-likeness (QED) is 0.929. The smallest absolute Gasteiger partial charge is 0.225 e. The molecule has 1 aliphatic carbocycles. The van der Waals surface area contributed by atoms with E-state index in [1.165, 1.54) is 12.8 Å². The molecule has 0 spiro atoms. The van der Waals surface area contributed by atoms with E-state index in [-0.39, 0.29) is 18.4 Å². The van der Waals surface area contributed by atoms with E-state index in [4.69, 9.17) is 0 Å². The van der Waals surface area contributed by atoms with Gasteiger partial charge in [0, 0.05) is 36.7 Å². The van der Waals surface area contributed by atoms with Crippen LogP contribution >= 0.6 is 0 Å². The number of aromatic nitrogens is 2. The van der Waals surface area contributed by atoms with Crippen LogP contribution in [0.4, 0.5) is 0 Å². The zero-order valence-corrected chi connectivity index (χ0v) is 13.3. The second-order valence-electron chi connectivity index (χ2n) is 6.59. The third-order valence-corrected chi connectivity index (χ3v) is 5.01. The first-order chi connectivity index (χ1) is 10.7. The Balaban J connectivity index is 1.75. The summed E-state index contributed by atoms with van der Waals surface area (Å²) in [6, 6.07) is 0. The molecule has 1 unspecified atom stereocenters. The summed E-state index contributed by atoms with van der Waals surface area (Å²) in [5.74, 6) is 1.52. The molecule has 2 heterocycles. The number of amides is 1. The Bertz CT molecular complexity index is 541. The van der Waals surface area contributed by atoms with Gasteiger partial charge >= 0.3 is 0 Å². The molecule has 1 saturated heterocycles. The van der Waals surface area contributed by atoms with E-state index >= 15 is 0 Å². The van der Waals surface area contributed by atoms with Gasteiger partial charge in [-0.25, -0.2) is 9.97 Å². The molecule has 1 N–H and O–H groups in total. The number of piperidine rings is 1. The maximum absolute atomic E-state index is 12.6. The molecule has 22 heavy (non-hydrogen) atoms. The van der Waals surface area contributed by atoms with Crippen molar-refractivity contribution in [3.05, 3.63) is 23.3 Å². The topological polar surface area (TPSA) is 66.3 Å². The van der Waals surface area contributed by atoms with Crippen molar-refractivity contribution < 1.29 is 9.90 Å². The Hall–Kier alpha value is -1.49. The number of rotatable bonds is 3. The summed E-state index contributed by atoms with van der Waals surface area (Å²) in [6.07, 6.45) is 8.23. The molecule has 120 valence electrons. The lowest BCUT2D eigenvalue weighted by molar-refractivity contribution is -0.136. The van der Waals surface area contributed by atoms with Crippen LogP contribution in [-0.2, 0) is 11.4 Å². The maximum Gasteiger partial charge on any atom is 0.225 e. The molecule has 5 nitrogen and oxygen atoms in total. The monoisotopic (exact) mass is 303 g/mol. The lowest BCUT2D eigenvalue weighted by Crippen LogP contribution is -2.42. The molecule has 3 rings (SSSR count). The molecule has 1 aliphatic heterocycles. The molecule has 5 heteroatoms. The highest BCUT2D eigenvalue weighted by molar-refractivity contribution is 5.79. The summed E-state index contributed by atoms with van der Waals surface area (Å²) < 4.78 is 0. The lowest BCUT2D eigenvalue weighted by Gasteiger charge is -2.34. The average molecular weight is 303 g/mol. The number of carbonyl (C=O) groups excluding carboxylic acids is 1. The van der Waals surface area contributed by atoms with Crippen LogP contribution in [0.1, 0.15) is 61.5 Å². The minimum Gasteiger partial charge on any atom is -0.392 e. The van der Waals surface area contributed by atoms with E-state index in [0.29, 0.717) is 5.91 Å². The molecule has 0 radical (unpaired) electrons. The summed E-state index contributed by atoms with van der Waals surface area (Å²) >= 11 is 0. The fraction of sp³-hybridized carbons (Fsp3) is 0.706. The van der Waals surface area contributed by atoms with Gasteiger partial charge in [-0.2, -0.15) is 0 Å². The van der Waals surface area contributed by atoms with E-state index in [9.17, 15) is 9.90 Å². The SMILES string of the molecule is Cc1ncc(CO)c(C2CCCN(C(=O)C3CCCC3)C2)n1. The van der Waals surface area contributed by atoms with E-state index in [1.54, 1.807) is 6.20 Å². The summed E-state index contributed by atoms with van der Waals surface area (Å²) in [5, 5.41) is 9.53. The minimum atomic E-state index is -0.0390.